The Bertz CT molecular complexity index is 632. The van der Waals surface area contributed by atoms with Crippen molar-refractivity contribution in [1.29, 1.82) is 0 Å². The minimum absolute atomic E-state index is 0.691. The zero-order valence-corrected chi connectivity index (χ0v) is 14.7. The van der Waals surface area contributed by atoms with E-state index in [1.54, 1.807) is 6.20 Å². The van der Waals surface area contributed by atoms with Crippen molar-refractivity contribution in [3.05, 3.63) is 36.2 Å². The number of thioether (sulfide) groups is 1. The highest BCUT2D eigenvalue weighted by Gasteiger charge is 2.20. The molecule has 0 aromatic carbocycles. The molecule has 5 heteroatoms. The van der Waals surface area contributed by atoms with Gasteiger partial charge in [0.1, 0.15) is 11.5 Å². The van der Waals surface area contributed by atoms with Crippen LogP contribution in [0.5, 0.6) is 0 Å². The number of anilines is 1. The Hall–Kier alpha value is -1.62. The van der Waals surface area contributed by atoms with E-state index >= 15 is 0 Å². The van der Waals surface area contributed by atoms with E-state index in [9.17, 15) is 0 Å². The summed E-state index contributed by atoms with van der Waals surface area (Å²) < 4.78 is 0. The molecule has 0 aliphatic carbocycles. The molecule has 0 saturated carbocycles. The first-order valence-corrected chi connectivity index (χ1v) is 9.66. The van der Waals surface area contributed by atoms with Gasteiger partial charge in [0.25, 0.3) is 0 Å². The second-order valence-electron chi connectivity index (χ2n) is 5.91. The highest BCUT2D eigenvalue weighted by atomic mass is 32.2. The second kappa shape index (κ2) is 7.77. The summed E-state index contributed by atoms with van der Waals surface area (Å²) in [4.78, 5) is 16.3. The van der Waals surface area contributed by atoms with E-state index < -0.39 is 0 Å². The fourth-order valence-corrected chi connectivity index (χ4v) is 3.67. The van der Waals surface area contributed by atoms with Gasteiger partial charge in [-0.05, 0) is 37.7 Å². The monoisotopic (exact) mass is 328 g/mol. The number of rotatable bonds is 4. The Kier molecular flexibility index (Phi) is 5.49. The van der Waals surface area contributed by atoms with Crippen LogP contribution in [0, 0.1) is 0 Å². The molecule has 1 aliphatic heterocycles. The third-order valence-electron chi connectivity index (χ3n) is 4.31. The van der Waals surface area contributed by atoms with E-state index in [0.29, 0.717) is 5.25 Å². The SMILES string of the molecule is CCc1cc(N2CCCCC(SC)C2)nc(-c2ccccn2)n1. The van der Waals surface area contributed by atoms with Crippen LogP contribution in [0.2, 0.25) is 0 Å². The molecule has 3 heterocycles. The largest absolute Gasteiger partial charge is 0.355 e. The third-order valence-corrected chi connectivity index (χ3v) is 5.36. The quantitative estimate of drug-likeness (QED) is 0.853. The van der Waals surface area contributed by atoms with Crippen molar-refractivity contribution < 1.29 is 0 Å². The Balaban J connectivity index is 1.95. The summed E-state index contributed by atoms with van der Waals surface area (Å²) in [7, 11) is 0. The molecule has 1 saturated heterocycles. The zero-order chi connectivity index (χ0) is 16.1. The summed E-state index contributed by atoms with van der Waals surface area (Å²) in [6, 6.07) is 8.03. The molecule has 2 aromatic heterocycles. The summed E-state index contributed by atoms with van der Waals surface area (Å²) in [5.74, 6) is 1.79. The summed E-state index contributed by atoms with van der Waals surface area (Å²) in [6.07, 6.45) is 8.77. The van der Waals surface area contributed by atoms with Crippen molar-refractivity contribution in [2.24, 2.45) is 0 Å². The summed E-state index contributed by atoms with van der Waals surface area (Å²) in [5, 5.41) is 0.691. The van der Waals surface area contributed by atoms with Gasteiger partial charge < -0.3 is 4.90 Å². The van der Waals surface area contributed by atoms with Gasteiger partial charge in [-0.15, -0.1) is 0 Å². The molecule has 1 aliphatic rings. The summed E-state index contributed by atoms with van der Waals surface area (Å²) in [6.45, 7) is 4.29. The van der Waals surface area contributed by atoms with Crippen molar-refractivity contribution in [2.75, 3.05) is 24.2 Å². The van der Waals surface area contributed by atoms with E-state index in [0.717, 1.165) is 42.5 Å². The molecule has 1 atom stereocenters. The average molecular weight is 328 g/mol. The van der Waals surface area contributed by atoms with Crippen LogP contribution in [-0.2, 0) is 6.42 Å². The number of aromatic nitrogens is 3. The summed E-state index contributed by atoms with van der Waals surface area (Å²) >= 11 is 1.97. The number of hydrogen-bond donors (Lipinski definition) is 0. The first kappa shape index (κ1) is 16.2. The number of pyridine rings is 1. The maximum absolute atomic E-state index is 4.83. The van der Waals surface area contributed by atoms with Gasteiger partial charge in [0.05, 0.1) is 0 Å². The zero-order valence-electron chi connectivity index (χ0n) is 13.9. The van der Waals surface area contributed by atoms with Gasteiger partial charge in [0, 0.05) is 36.3 Å². The molecule has 0 bridgehead atoms. The number of hydrogen-bond acceptors (Lipinski definition) is 5. The maximum Gasteiger partial charge on any atom is 0.180 e. The van der Waals surface area contributed by atoms with Gasteiger partial charge in [0.15, 0.2) is 5.82 Å². The topological polar surface area (TPSA) is 41.9 Å². The standard InChI is InChI=1S/C18H24N4S/c1-3-14-12-17(22-11-7-5-8-15(13-22)23-2)21-18(20-14)16-9-4-6-10-19-16/h4,6,9-10,12,15H,3,5,7-8,11,13H2,1-2H3. The molecule has 0 N–H and O–H groups in total. The first-order valence-electron chi connectivity index (χ1n) is 8.37. The van der Waals surface area contributed by atoms with Gasteiger partial charge in [0.2, 0.25) is 0 Å². The lowest BCUT2D eigenvalue weighted by molar-refractivity contribution is 0.736. The molecular weight excluding hydrogens is 304 g/mol. The molecular formula is C18H24N4S. The predicted molar refractivity (Wildman–Crippen MR) is 98.0 cm³/mol. The van der Waals surface area contributed by atoms with E-state index in [4.69, 9.17) is 4.98 Å². The highest BCUT2D eigenvalue weighted by Crippen LogP contribution is 2.25. The number of aryl methyl sites for hydroxylation is 1. The molecule has 3 rings (SSSR count). The maximum atomic E-state index is 4.83. The molecule has 1 fully saturated rings. The van der Waals surface area contributed by atoms with Crippen LogP contribution in [0.4, 0.5) is 5.82 Å². The van der Waals surface area contributed by atoms with Crippen LogP contribution < -0.4 is 4.90 Å². The Morgan fingerprint density at radius 1 is 1.26 bits per heavy atom. The van der Waals surface area contributed by atoms with Gasteiger partial charge in [-0.1, -0.05) is 19.4 Å². The van der Waals surface area contributed by atoms with Gasteiger partial charge in [-0.25, -0.2) is 9.97 Å². The molecule has 4 nitrogen and oxygen atoms in total. The molecule has 122 valence electrons. The van der Waals surface area contributed by atoms with Gasteiger partial charge in [-0.3, -0.25) is 4.98 Å². The smallest absolute Gasteiger partial charge is 0.180 e. The minimum Gasteiger partial charge on any atom is -0.355 e. The second-order valence-corrected chi connectivity index (χ2v) is 7.05. The van der Waals surface area contributed by atoms with Crippen molar-refractivity contribution in [3.63, 3.8) is 0 Å². The van der Waals surface area contributed by atoms with Gasteiger partial charge in [-0.2, -0.15) is 11.8 Å². The molecule has 0 spiro atoms. The minimum atomic E-state index is 0.691. The first-order chi connectivity index (χ1) is 11.3. The van der Waals surface area contributed by atoms with E-state index in [-0.39, 0.29) is 0 Å². The summed E-state index contributed by atoms with van der Waals surface area (Å²) in [5.41, 5.74) is 1.93. The normalized spacial score (nSPS) is 18.7. The lowest BCUT2D eigenvalue weighted by Crippen LogP contribution is -2.30. The van der Waals surface area contributed by atoms with Crippen LogP contribution in [0.3, 0.4) is 0 Å². The van der Waals surface area contributed by atoms with Crippen molar-refractivity contribution in [2.45, 2.75) is 37.9 Å². The van der Waals surface area contributed by atoms with Gasteiger partial charge >= 0.3 is 0 Å². The predicted octanol–water partition coefficient (Wildman–Crippen LogP) is 3.82. The molecule has 0 radical (unpaired) electrons. The molecule has 1 unspecified atom stereocenters. The van der Waals surface area contributed by atoms with Crippen LogP contribution in [-0.4, -0.2) is 39.5 Å². The molecule has 2 aromatic rings. The molecule has 23 heavy (non-hydrogen) atoms. The fraction of sp³-hybridized carbons (Fsp3) is 0.500. The van der Waals surface area contributed by atoms with Crippen LogP contribution in [0.1, 0.15) is 31.9 Å². The van der Waals surface area contributed by atoms with Crippen molar-refractivity contribution in [3.8, 4) is 11.5 Å². The van der Waals surface area contributed by atoms with Crippen LogP contribution >= 0.6 is 11.8 Å². The van der Waals surface area contributed by atoms with Crippen LogP contribution in [0.25, 0.3) is 11.5 Å². The fourth-order valence-electron chi connectivity index (χ4n) is 2.94. The lowest BCUT2D eigenvalue weighted by Gasteiger charge is -2.25. The number of nitrogens with zero attached hydrogens (tertiary/aromatic N) is 4. The van der Waals surface area contributed by atoms with E-state index in [2.05, 4.69) is 34.1 Å². The molecule has 0 amide bonds. The Morgan fingerprint density at radius 2 is 2.17 bits per heavy atom. The average Bonchev–Trinajstić information content (AvgIpc) is 2.87. The van der Waals surface area contributed by atoms with E-state index in [1.807, 2.05) is 30.0 Å². The Labute approximate surface area is 142 Å². The van der Waals surface area contributed by atoms with Crippen molar-refractivity contribution in [1.82, 2.24) is 15.0 Å². The van der Waals surface area contributed by atoms with E-state index in [1.165, 1.54) is 19.3 Å². The third kappa shape index (κ3) is 4.02. The Morgan fingerprint density at radius 3 is 2.91 bits per heavy atom. The van der Waals surface area contributed by atoms with Crippen molar-refractivity contribution >= 4 is 17.6 Å². The lowest BCUT2D eigenvalue weighted by atomic mass is 10.2. The highest BCUT2D eigenvalue weighted by molar-refractivity contribution is 7.99. The van der Waals surface area contributed by atoms with Crippen LogP contribution in [0.15, 0.2) is 30.5 Å².